The number of carbonyl (C=O) groups is 3. The van der Waals surface area contributed by atoms with Crippen molar-refractivity contribution in [3.63, 3.8) is 0 Å². The molecule has 0 aliphatic carbocycles. The van der Waals surface area contributed by atoms with Gasteiger partial charge in [-0.2, -0.15) is 4.98 Å². The van der Waals surface area contributed by atoms with Crippen LogP contribution in [0, 0.1) is 13.8 Å². The Morgan fingerprint density at radius 3 is 1.87 bits per heavy atom. The van der Waals surface area contributed by atoms with Crippen LogP contribution in [0.15, 0.2) is 91.0 Å². The molecule has 1 aliphatic rings. The Labute approximate surface area is 268 Å². The van der Waals surface area contributed by atoms with E-state index in [1.807, 2.05) is 13.8 Å². The van der Waals surface area contributed by atoms with E-state index in [1.165, 1.54) is 0 Å². The SMILES string of the molecule is Cc1[nH]c2nc(N[C@@H]3O[C@H](COC(=O)c4ccccc4)[C@@H](OC(=O)c4ccccc4)[C@H]3OC(=O)c3ccccc3)nc(Cl)c2c1C. The Kier molecular flexibility index (Phi) is 8.95. The maximum absolute atomic E-state index is 13.3. The normalized spacial score (nSPS) is 19.0. The van der Waals surface area contributed by atoms with Gasteiger partial charge in [-0.1, -0.05) is 66.2 Å². The zero-order chi connectivity index (χ0) is 32.2. The van der Waals surface area contributed by atoms with Crippen LogP contribution < -0.4 is 5.32 Å². The third-order valence-electron chi connectivity index (χ3n) is 7.58. The van der Waals surface area contributed by atoms with Crippen molar-refractivity contribution in [2.75, 3.05) is 11.9 Å². The Balaban J connectivity index is 1.33. The van der Waals surface area contributed by atoms with Gasteiger partial charge < -0.3 is 29.2 Å². The van der Waals surface area contributed by atoms with Crippen LogP contribution in [0.5, 0.6) is 0 Å². The van der Waals surface area contributed by atoms with Crippen LogP contribution >= 0.6 is 11.6 Å². The lowest BCUT2D eigenvalue weighted by Gasteiger charge is -2.24. The van der Waals surface area contributed by atoms with Gasteiger partial charge in [0.05, 0.1) is 22.1 Å². The third-order valence-corrected chi connectivity index (χ3v) is 7.86. The summed E-state index contributed by atoms with van der Waals surface area (Å²) in [6, 6.07) is 25.1. The Morgan fingerprint density at radius 2 is 1.30 bits per heavy atom. The molecule has 2 N–H and O–H groups in total. The van der Waals surface area contributed by atoms with Gasteiger partial charge in [0.25, 0.3) is 0 Å². The van der Waals surface area contributed by atoms with E-state index in [0.29, 0.717) is 16.6 Å². The second kappa shape index (κ2) is 13.4. The van der Waals surface area contributed by atoms with E-state index in [0.717, 1.165) is 11.3 Å². The fourth-order valence-corrected chi connectivity index (χ4v) is 5.41. The van der Waals surface area contributed by atoms with Crippen molar-refractivity contribution in [1.82, 2.24) is 15.0 Å². The average Bonchev–Trinajstić information content (AvgIpc) is 3.54. The molecule has 4 atom stereocenters. The topological polar surface area (TPSA) is 142 Å². The number of benzene rings is 3. The van der Waals surface area contributed by atoms with E-state index >= 15 is 0 Å². The molecular weight excluding hydrogens is 612 g/mol. The molecule has 12 heteroatoms. The van der Waals surface area contributed by atoms with Crippen LogP contribution in [-0.4, -0.2) is 64.0 Å². The smallest absolute Gasteiger partial charge is 0.338 e. The largest absolute Gasteiger partial charge is 0.459 e. The van der Waals surface area contributed by atoms with Gasteiger partial charge in [0.2, 0.25) is 5.95 Å². The number of hydrogen-bond donors (Lipinski definition) is 2. The highest BCUT2D eigenvalue weighted by Crippen LogP contribution is 2.32. The zero-order valence-electron chi connectivity index (χ0n) is 24.8. The first-order valence-corrected chi connectivity index (χ1v) is 14.8. The summed E-state index contributed by atoms with van der Waals surface area (Å²) in [5.74, 6) is -1.91. The molecule has 0 unspecified atom stereocenters. The lowest BCUT2D eigenvalue weighted by molar-refractivity contribution is -0.0441. The summed E-state index contributed by atoms with van der Waals surface area (Å²) in [7, 11) is 0. The number of esters is 3. The van der Waals surface area contributed by atoms with Gasteiger partial charge in [-0.15, -0.1) is 0 Å². The van der Waals surface area contributed by atoms with E-state index < -0.39 is 42.4 Å². The molecular formula is C34H29ClN4O7. The number of nitrogens with zero attached hydrogens (tertiary/aromatic N) is 2. The summed E-state index contributed by atoms with van der Waals surface area (Å²) >= 11 is 6.54. The molecule has 11 nitrogen and oxygen atoms in total. The average molecular weight is 641 g/mol. The fourth-order valence-electron chi connectivity index (χ4n) is 5.10. The fraction of sp³-hybridized carbons (Fsp3) is 0.206. The van der Waals surface area contributed by atoms with E-state index in [9.17, 15) is 14.4 Å². The second-order valence-corrected chi connectivity index (χ2v) is 11.0. The minimum Gasteiger partial charge on any atom is -0.459 e. The minimum atomic E-state index is -1.23. The first-order chi connectivity index (χ1) is 22.3. The molecule has 6 rings (SSSR count). The number of anilines is 1. The van der Waals surface area contributed by atoms with Gasteiger partial charge in [-0.3, -0.25) is 0 Å². The first-order valence-electron chi connectivity index (χ1n) is 14.5. The molecule has 5 aromatic rings. The number of aromatic nitrogens is 3. The maximum atomic E-state index is 13.3. The number of ether oxygens (including phenoxy) is 4. The van der Waals surface area contributed by atoms with Gasteiger partial charge in [0.15, 0.2) is 18.4 Å². The molecule has 0 bridgehead atoms. The van der Waals surface area contributed by atoms with Crippen LogP contribution in [-0.2, 0) is 18.9 Å². The number of H-pyrrole nitrogens is 1. The summed E-state index contributed by atoms with van der Waals surface area (Å²) in [6.07, 6.45) is -4.64. The number of carbonyl (C=O) groups excluding carboxylic acids is 3. The molecule has 2 aromatic heterocycles. The summed E-state index contributed by atoms with van der Waals surface area (Å²) < 4.78 is 23.7. The number of nitrogens with one attached hydrogen (secondary N) is 2. The molecule has 0 saturated carbocycles. The van der Waals surface area contributed by atoms with Crippen molar-refractivity contribution in [1.29, 1.82) is 0 Å². The van der Waals surface area contributed by atoms with Gasteiger partial charge in [-0.05, 0) is 55.8 Å². The van der Waals surface area contributed by atoms with Crippen LogP contribution in [0.3, 0.4) is 0 Å². The highest BCUT2D eigenvalue weighted by atomic mass is 35.5. The van der Waals surface area contributed by atoms with E-state index in [-0.39, 0.29) is 28.8 Å². The number of aromatic amines is 1. The molecule has 46 heavy (non-hydrogen) atoms. The molecule has 234 valence electrons. The number of hydrogen-bond acceptors (Lipinski definition) is 10. The van der Waals surface area contributed by atoms with E-state index in [1.54, 1.807) is 91.0 Å². The predicted molar refractivity (Wildman–Crippen MR) is 169 cm³/mol. The summed E-state index contributed by atoms with van der Waals surface area (Å²) in [4.78, 5) is 51.6. The quantitative estimate of drug-likeness (QED) is 0.117. The van der Waals surface area contributed by atoms with Gasteiger partial charge in [0, 0.05) is 5.69 Å². The lowest BCUT2D eigenvalue weighted by Crippen LogP contribution is -2.43. The lowest BCUT2D eigenvalue weighted by atomic mass is 10.1. The summed E-state index contributed by atoms with van der Waals surface area (Å²) in [5.41, 5.74) is 3.15. The Bertz CT molecular complexity index is 1870. The van der Waals surface area contributed by atoms with Crippen LogP contribution in [0.2, 0.25) is 5.15 Å². The van der Waals surface area contributed by atoms with Crippen molar-refractivity contribution in [3.8, 4) is 0 Å². The highest BCUT2D eigenvalue weighted by Gasteiger charge is 2.51. The predicted octanol–water partition coefficient (Wildman–Crippen LogP) is 5.67. The minimum absolute atomic E-state index is 0.0691. The van der Waals surface area contributed by atoms with Crippen molar-refractivity contribution in [2.45, 2.75) is 38.4 Å². The molecule has 0 amide bonds. The van der Waals surface area contributed by atoms with Crippen molar-refractivity contribution < 1.29 is 33.3 Å². The van der Waals surface area contributed by atoms with Crippen molar-refractivity contribution >= 4 is 46.5 Å². The molecule has 3 aromatic carbocycles. The van der Waals surface area contributed by atoms with Crippen LogP contribution in [0.25, 0.3) is 11.0 Å². The summed E-state index contributed by atoms with van der Waals surface area (Å²) in [5, 5.41) is 3.91. The molecule has 0 spiro atoms. The van der Waals surface area contributed by atoms with Crippen molar-refractivity contribution in [2.24, 2.45) is 0 Å². The third kappa shape index (κ3) is 6.56. The first kappa shape index (κ1) is 30.8. The molecule has 3 heterocycles. The van der Waals surface area contributed by atoms with Crippen LogP contribution in [0.4, 0.5) is 5.95 Å². The Morgan fingerprint density at radius 1 is 0.783 bits per heavy atom. The molecule has 1 fully saturated rings. The molecule has 0 radical (unpaired) electrons. The number of rotatable bonds is 9. The number of fused-ring (bicyclic) bond motifs is 1. The van der Waals surface area contributed by atoms with Gasteiger partial charge >= 0.3 is 17.9 Å². The zero-order valence-corrected chi connectivity index (χ0v) is 25.6. The summed E-state index contributed by atoms with van der Waals surface area (Å²) in [6.45, 7) is 3.48. The maximum Gasteiger partial charge on any atom is 0.338 e. The van der Waals surface area contributed by atoms with Crippen LogP contribution in [0.1, 0.15) is 42.3 Å². The van der Waals surface area contributed by atoms with E-state index in [4.69, 9.17) is 30.5 Å². The molecule has 1 saturated heterocycles. The molecule has 1 aliphatic heterocycles. The van der Waals surface area contributed by atoms with Gasteiger partial charge in [-0.25, -0.2) is 19.4 Å². The van der Waals surface area contributed by atoms with Gasteiger partial charge in [0.1, 0.15) is 23.5 Å². The standard InChI is InChI=1S/C34H29ClN4O7/c1-19-20(2)36-29-25(19)28(35)37-34(38-29)39-30-27(46-33(42)23-16-10-5-11-17-23)26(45-32(41)22-14-8-4-9-15-22)24(44-30)18-43-31(40)21-12-6-3-7-13-21/h3-17,24,26-27,30H,18H2,1-2H3,(H2,36,37,38,39)/t24-,26-,27-,30-/m1/s1. The van der Waals surface area contributed by atoms with E-state index in [2.05, 4.69) is 20.3 Å². The van der Waals surface area contributed by atoms with Crippen molar-refractivity contribution in [3.05, 3.63) is 124 Å². The number of aryl methyl sites for hydroxylation is 2. The second-order valence-electron chi connectivity index (χ2n) is 10.6. The number of halogens is 1. The Hall–Kier alpha value is -5.26. The highest BCUT2D eigenvalue weighted by molar-refractivity contribution is 6.34. The monoisotopic (exact) mass is 640 g/mol.